The van der Waals surface area contributed by atoms with Crippen LogP contribution >= 0.6 is 0 Å². The van der Waals surface area contributed by atoms with Crippen molar-refractivity contribution in [3.8, 4) is 0 Å². The lowest BCUT2D eigenvalue weighted by molar-refractivity contribution is -0.137. The van der Waals surface area contributed by atoms with Gasteiger partial charge in [0.25, 0.3) is 0 Å². The Balaban J connectivity index is 2.82. The molecule has 0 aliphatic heterocycles. The number of hydrogen-bond donors (Lipinski definition) is 1. The second-order valence-corrected chi connectivity index (χ2v) is 4.49. The first-order valence-corrected chi connectivity index (χ1v) is 6.09. The average molecular weight is 276 g/mol. The summed E-state index contributed by atoms with van der Waals surface area (Å²) in [7, 11) is 3.39. The third-order valence-corrected chi connectivity index (χ3v) is 3.09. The summed E-state index contributed by atoms with van der Waals surface area (Å²) >= 11 is 0. The number of nitrogens with one attached hydrogen (secondary N) is 1. The summed E-state index contributed by atoms with van der Waals surface area (Å²) in [6, 6.07) is 2.40. The van der Waals surface area contributed by atoms with Crippen LogP contribution in [0.5, 0.6) is 0 Å². The summed E-state index contributed by atoms with van der Waals surface area (Å²) in [6.45, 7) is 2.62. The Morgan fingerprint density at radius 1 is 1.37 bits per heavy atom. The van der Waals surface area contributed by atoms with Crippen LogP contribution in [-0.4, -0.2) is 25.7 Å². The van der Waals surface area contributed by atoms with Gasteiger partial charge in [0.2, 0.25) is 0 Å². The number of nitrogens with zero attached hydrogens (tertiary/aromatic N) is 1. The van der Waals surface area contributed by atoms with Crippen LogP contribution in [0.15, 0.2) is 18.3 Å². The van der Waals surface area contributed by atoms with E-state index in [4.69, 9.17) is 4.74 Å². The van der Waals surface area contributed by atoms with Crippen LogP contribution in [0.2, 0.25) is 0 Å². The SMILES string of the molecule is CNC(c1ccc(C(F)(F)F)cn1)C(C)CCOC. The Morgan fingerprint density at radius 3 is 2.47 bits per heavy atom. The first-order chi connectivity index (χ1) is 8.90. The van der Waals surface area contributed by atoms with E-state index in [1.165, 1.54) is 6.07 Å². The maximum atomic E-state index is 12.5. The van der Waals surface area contributed by atoms with Crippen molar-refractivity contribution in [2.45, 2.75) is 25.6 Å². The summed E-state index contributed by atoms with van der Waals surface area (Å²) in [6.07, 6.45) is -2.66. The lowest BCUT2D eigenvalue weighted by Gasteiger charge is -2.23. The molecule has 6 heteroatoms. The lowest BCUT2D eigenvalue weighted by atomic mass is 9.95. The van der Waals surface area contributed by atoms with Crippen molar-refractivity contribution in [2.75, 3.05) is 20.8 Å². The highest BCUT2D eigenvalue weighted by atomic mass is 19.4. The summed E-state index contributed by atoms with van der Waals surface area (Å²) in [4.78, 5) is 3.92. The van der Waals surface area contributed by atoms with E-state index < -0.39 is 11.7 Å². The molecule has 1 N–H and O–H groups in total. The largest absolute Gasteiger partial charge is 0.417 e. The molecule has 1 heterocycles. The van der Waals surface area contributed by atoms with Crippen molar-refractivity contribution in [1.29, 1.82) is 0 Å². The summed E-state index contributed by atoms with van der Waals surface area (Å²) in [5.41, 5.74) is -0.116. The average Bonchev–Trinajstić information content (AvgIpc) is 2.37. The summed E-state index contributed by atoms with van der Waals surface area (Å²) in [5.74, 6) is 0.217. The molecule has 2 unspecified atom stereocenters. The van der Waals surface area contributed by atoms with Gasteiger partial charge in [-0.25, -0.2) is 0 Å². The Kier molecular flexibility index (Phi) is 5.75. The van der Waals surface area contributed by atoms with Gasteiger partial charge in [-0.3, -0.25) is 4.98 Å². The van der Waals surface area contributed by atoms with Gasteiger partial charge >= 0.3 is 6.18 Å². The van der Waals surface area contributed by atoms with Gasteiger partial charge in [-0.15, -0.1) is 0 Å². The zero-order chi connectivity index (χ0) is 14.5. The van der Waals surface area contributed by atoms with E-state index in [1.807, 2.05) is 6.92 Å². The fraction of sp³-hybridized carbons (Fsp3) is 0.615. The van der Waals surface area contributed by atoms with Gasteiger partial charge in [-0.05, 0) is 31.5 Å². The molecule has 0 aromatic carbocycles. The molecule has 0 saturated carbocycles. The zero-order valence-corrected chi connectivity index (χ0v) is 11.3. The molecule has 0 fully saturated rings. The van der Waals surface area contributed by atoms with E-state index >= 15 is 0 Å². The second-order valence-electron chi connectivity index (χ2n) is 4.49. The molecule has 0 aliphatic carbocycles. The standard InChI is InChI=1S/C13H19F3N2O/c1-9(6-7-19-3)12(17-2)11-5-4-10(8-18-11)13(14,15)16/h4-5,8-9,12,17H,6-7H2,1-3H3. The molecule has 0 spiro atoms. The van der Waals surface area contributed by atoms with Crippen molar-refractivity contribution in [3.05, 3.63) is 29.6 Å². The van der Waals surface area contributed by atoms with Gasteiger partial charge < -0.3 is 10.1 Å². The fourth-order valence-corrected chi connectivity index (χ4v) is 1.95. The van der Waals surface area contributed by atoms with E-state index in [9.17, 15) is 13.2 Å². The van der Waals surface area contributed by atoms with Crippen LogP contribution in [-0.2, 0) is 10.9 Å². The highest BCUT2D eigenvalue weighted by Gasteiger charge is 2.31. The van der Waals surface area contributed by atoms with Crippen molar-refractivity contribution < 1.29 is 17.9 Å². The Hall–Kier alpha value is -1.14. The van der Waals surface area contributed by atoms with Crippen LogP contribution in [0.25, 0.3) is 0 Å². The van der Waals surface area contributed by atoms with E-state index in [-0.39, 0.29) is 12.0 Å². The molecule has 1 aromatic rings. The minimum atomic E-state index is -4.34. The molecule has 108 valence electrons. The molecule has 2 atom stereocenters. The van der Waals surface area contributed by atoms with Gasteiger partial charge in [0.1, 0.15) is 0 Å². The molecule has 0 radical (unpaired) electrons. The maximum Gasteiger partial charge on any atom is 0.417 e. The number of methoxy groups -OCH3 is 1. The Labute approximate surface area is 111 Å². The third kappa shape index (κ3) is 4.47. The molecule has 0 bridgehead atoms. The Bertz CT molecular complexity index is 378. The number of halogens is 3. The number of rotatable bonds is 6. The molecule has 1 aromatic heterocycles. The number of ether oxygens (including phenoxy) is 1. The molecule has 3 nitrogen and oxygen atoms in total. The van der Waals surface area contributed by atoms with Gasteiger partial charge in [0, 0.05) is 19.9 Å². The predicted octanol–water partition coefficient (Wildman–Crippen LogP) is 3.03. The van der Waals surface area contributed by atoms with Crippen LogP contribution < -0.4 is 5.32 Å². The van der Waals surface area contributed by atoms with Gasteiger partial charge in [0.05, 0.1) is 17.3 Å². The fourth-order valence-electron chi connectivity index (χ4n) is 1.95. The van der Waals surface area contributed by atoms with E-state index in [2.05, 4.69) is 10.3 Å². The van der Waals surface area contributed by atoms with Gasteiger partial charge in [-0.1, -0.05) is 6.92 Å². The Morgan fingerprint density at radius 2 is 2.05 bits per heavy atom. The van der Waals surface area contributed by atoms with Crippen molar-refractivity contribution in [1.82, 2.24) is 10.3 Å². The van der Waals surface area contributed by atoms with Crippen LogP contribution in [0, 0.1) is 5.92 Å². The molecule has 0 aliphatic rings. The summed E-state index contributed by atoms with van der Waals surface area (Å²) in [5, 5.41) is 3.09. The van der Waals surface area contributed by atoms with Gasteiger partial charge in [0.15, 0.2) is 0 Å². The van der Waals surface area contributed by atoms with Crippen molar-refractivity contribution >= 4 is 0 Å². The molecule has 1 rings (SSSR count). The van der Waals surface area contributed by atoms with Crippen molar-refractivity contribution in [3.63, 3.8) is 0 Å². The molecule has 0 amide bonds. The number of aromatic nitrogens is 1. The lowest BCUT2D eigenvalue weighted by Crippen LogP contribution is -2.25. The quantitative estimate of drug-likeness (QED) is 0.867. The topological polar surface area (TPSA) is 34.2 Å². The molecule has 0 saturated heterocycles. The van der Waals surface area contributed by atoms with Crippen LogP contribution in [0.3, 0.4) is 0 Å². The third-order valence-electron chi connectivity index (χ3n) is 3.09. The molecular formula is C13H19F3N2O. The first-order valence-electron chi connectivity index (χ1n) is 6.09. The minimum Gasteiger partial charge on any atom is -0.385 e. The molecule has 19 heavy (non-hydrogen) atoms. The number of pyridine rings is 1. The highest BCUT2D eigenvalue weighted by Crippen LogP contribution is 2.30. The second kappa shape index (κ2) is 6.86. The first kappa shape index (κ1) is 15.9. The zero-order valence-electron chi connectivity index (χ0n) is 11.3. The van der Waals surface area contributed by atoms with Crippen molar-refractivity contribution in [2.24, 2.45) is 5.92 Å². The van der Waals surface area contributed by atoms with Crippen LogP contribution in [0.4, 0.5) is 13.2 Å². The van der Waals surface area contributed by atoms with Crippen LogP contribution in [0.1, 0.15) is 30.6 Å². The smallest absolute Gasteiger partial charge is 0.385 e. The van der Waals surface area contributed by atoms with E-state index in [1.54, 1.807) is 14.2 Å². The normalized spacial score (nSPS) is 15.3. The summed E-state index contributed by atoms with van der Waals surface area (Å²) < 4.78 is 42.4. The molecular weight excluding hydrogens is 257 g/mol. The highest BCUT2D eigenvalue weighted by molar-refractivity contribution is 5.19. The monoisotopic (exact) mass is 276 g/mol. The maximum absolute atomic E-state index is 12.5. The van der Waals surface area contributed by atoms with E-state index in [0.29, 0.717) is 12.3 Å². The van der Waals surface area contributed by atoms with Gasteiger partial charge in [-0.2, -0.15) is 13.2 Å². The van der Waals surface area contributed by atoms with E-state index in [0.717, 1.165) is 18.7 Å². The predicted molar refractivity (Wildman–Crippen MR) is 66.7 cm³/mol. The number of hydrogen-bond acceptors (Lipinski definition) is 3. The number of alkyl halides is 3. The minimum absolute atomic E-state index is 0.0857.